The number of hydroxylamine groups is 1. The predicted molar refractivity (Wildman–Crippen MR) is 97.2 cm³/mol. The summed E-state index contributed by atoms with van der Waals surface area (Å²) in [7, 11) is -1.79. The monoisotopic (exact) mass is 453 g/mol. The zero-order valence-electron chi connectivity index (χ0n) is 15.0. The number of sulfonamides is 1. The minimum atomic E-state index is -4.50. The molecule has 0 bridgehead atoms. The Hall–Kier alpha value is -2.41. The van der Waals surface area contributed by atoms with Gasteiger partial charge in [0.1, 0.15) is 4.90 Å². The Balaban J connectivity index is 2.16. The standard InChI is InChI=1S/C16H15ClF3N3O5S/c1-23(27-2)29(25,26)13-7-10(3-5-12(13)17)15(24)22-11-4-6-14(21-8-11)28-9-16(18,19)20/h3-8H,9H2,1-2H3,(H,22,24). The van der Waals surface area contributed by atoms with Crippen LogP contribution in [0.3, 0.4) is 0 Å². The number of alkyl halides is 3. The Labute approximate surface area is 169 Å². The molecular formula is C16H15ClF3N3O5S. The molecule has 0 aliphatic heterocycles. The van der Waals surface area contributed by atoms with Gasteiger partial charge >= 0.3 is 6.18 Å². The highest BCUT2D eigenvalue weighted by Crippen LogP contribution is 2.26. The molecule has 0 fully saturated rings. The van der Waals surface area contributed by atoms with E-state index in [1.165, 1.54) is 18.2 Å². The van der Waals surface area contributed by atoms with Gasteiger partial charge in [0.05, 0.1) is 24.0 Å². The quantitative estimate of drug-likeness (QED) is 0.647. The first-order valence-corrected chi connectivity index (χ1v) is 9.55. The lowest BCUT2D eigenvalue weighted by atomic mass is 10.2. The van der Waals surface area contributed by atoms with E-state index in [0.717, 1.165) is 32.5 Å². The molecule has 29 heavy (non-hydrogen) atoms. The summed E-state index contributed by atoms with van der Waals surface area (Å²) in [6.45, 7) is -1.50. The van der Waals surface area contributed by atoms with E-state index in [1.54, 1.807) is 0 Å². The molecule has 1 amide bonds. The Bertz CT molecular complexity index is 984. The average Bonchev–Trinajstić information content (AvgIpc) is 2.66. The number of nitrogens with one attached hydrogen (secondary N) is 1. The topological polar surface area (TPSA) is 97.8 Å². The zero-order valence-corrected chi connectivity index (χ0v) is 16.6. The van der Waals surface area contributed by atoms with E-state index in [0.29, 0.717) is 4.47 Å². The van der Waals surface area contributed by atoms with E-state index in [9.17, 15) is 26.4 Å². The van der Waals surface area contributed by atoms with Gasteiger partial charge in [0.15, 0.2) is 6.61 Å². The van der Waals surface area contributed by atoms with Gasteiger partial charge in [-0.3, -0.25) is 9.63 Å². The molecule has 0 aliphatic rings. The Morgan fingerprint density at radius 2 is 1.97 bits per heavy atom. The van der Waals surface area contributed by atoms with Gasteiger partial charge in [-0.1, -0.05) is 16.1 Å². The number of rotatable bonds is 7. The number of hydrogen-bond donors (Lipinski definition) is 1. The van der Waals surface area contributed by atoms with Crippen molar-refractivity contribution in [2.24, 2.45) is 0 Å². The first kappa shape index (κ1) is 22.9. The van der Waals surface area contributed by atoms with Crippen LogP contribution in [0.4, 0.5) is 18.9 Å². The predicted octanol–water partition coefficient (Wildman–Crippen LogP) is 3.11. The number of aromatic nitrogens is 1. The van der Waals surface area contributed by atoms with Crippen LogP contribution in [-0.2, 0) is 14.9 Å². The summed E-state index contributed by atoms with van der Waals surface area (Å²) >= 11 is 5.93. The summed E-state index contributed by atoms with van der Waals surface area (Å²) < 4.78 is 66.2. The highest BCUT2D eigenvalue weighted by Gasteiger charge is 2.28. The fraction of sp³-hybridized carbons (Fsp3) is 0.250. The maximum Gasteiger partial charge on any atom is 0.422 e. The number of anilines is 1. The average molecular weight is 454 g/mol. The molecular weight excluding hydrogens is 439 g/mol. The van der Waals surface area contributed by atoms with Crippen LogP contribution < -0.4 is 10.1 Å². The normalized spacial score (nSPS) is 12.1. The lowest BCUT2D eigenvalue weighted by molar-refractivity contribution is -0.154. The number of carbonyl (C=O) groups is 1. The summed E-state index contributed by atoms with van der Waals surface area (Å²) in [5.74, 6) is -0.966. The fourth-order valence-electron chi connectivity index (χ4n) is 1.98. The number of ether oxygens (including phenoxy) is 1. The van der Waals surface area contributed by atoms with Crippen LogP contribution in [0.1, 0.15) is 10.4 Å². The molecule has 2 aromatic rings. The molecule has 13 heteroatoms. The van der Waals surface area contributed by atoms with Crippen LogP contribution in [0, 0.1) is 0 Å². The van der Waals surface area contributed by atoms with E-state index in [4.69, 9.17) is 11.6 Å². The number of halogens is 4. The maximum absolute atomic E-state index is 12.4. The third kappa shape index (κ3) is 6.03. The second kappa shape index (κ2) is 8.95. The van der Waals surface area contributed by atoms with Crippen molar-refractivity contribution in [2.75, 3.05) is 26.1 Å². The van der Waals surface area contributed by atoms with Crippen molar-refractivity contribution < 1.29 is 36.0 Å². The largest absolute Gasteiger partial charge is 0.468 e. The van der Waals surface area contributed by atoms with Gasteiger partial charge < -0.3 is 10.1 Å². The van der Waals surface area contributed by atoms with Crippen molar-refractivity contribution in [3.05, 3.63) is 47.1 Å². The van der Waals surface area contributed by atoms with Crippen LogP contribution in [0.25, 0.3) is 0 Å². The molecule has 0 aliphatic carbocycles. The lowest BCUT2D eigenvalue weighted by Gasteiger charge is -2.16. The Morgan fingerprint density at radius 3 is 2.52 bits per heavy atom. The summed E-state index contributed by atoms with van der Waals surface area (Å²) in [5.41, 5.74) is 0.123. The number of benzene rings is 1. The van der Waals surface area contributed by atoms with E-state index in [2.05, 4.69) is 19.9 Å². The molecule has 0 radical (unpaired) electrons. The summed E-state index contributed by atoms with van der Waals surface area (Å²) in [4.78, 5) is 20.4. The summed E-state index contributed by atoms with van der Waals surface area (Å²) in [5, 5.41) is 2.32. The second-order valence-corrected chi connectivity index (χ2v) is 7.80. The number of hydrogen-bond acceptors (Lipinski definition) is 6. The molecule has 0 spiro atoms. The van der Waals surface area contributed by atoms with E-state index in [-0.39, 0.29) is 27.0 Å². The van der Waals surface area contributed by atoms with E-state index in [1.807, 2.05) is 0 Å². The van der Waals surface area contributed by atoms with Crippen LogP contribution in [-0.4, -0.2) is 50.7 Å². The van der Waals surface area contributed by atoms with Gasteiger partial charge in [-0.05, 0) is 24.3 Å². The van der Waals surface area contributed by atoms with Crippen LogP contribution in [0.15, 0.2) is 41.4 Å². The molecule has 2 rings (SSSR count). The Morgan fingerprint density at radius 1 is 1.28 bits per heavy atom. The minimum Gasteiger partial charge on any atom is -0.468 e. The molecule has 1 aromatic heterocycles. The van der Waals surface area contributed by atoms with Crippen LogP contribution in [0.5, 0.6) is 5.88 Å². The van der Waals surface area contributed by atoms with Crippen LogP contribution >= 0.6 is 11.6 Å². The Kier molecular flexibility index (Phi) is 7.06. The van der Waals surface area contributed by atoms with Gasteiger partial charge in [-0.15, -0.1) is 0 Å². The zero-order chi connectivity index (χ0) is 21.8. The highest BCUT2D eigenvalue weighted by atomic mass is 35.5. The fourth-order valence-corrected chi connectivity index (χ4v) is 3.45. The first-order valence-electron chi connectivity index (χ1n) is 7.73. The molecule has 8 nitrogen and oxygen atoms in total. The smallest absolute Gasteiger partial charge is 0.422 e. The van der Waals surface area contributed by atoms with Gasteiger partial charge in [0.25, 0.3) is 15.9 Å². The van der Waals surface area contributed by atoms with E-state index < -0.39 is 28.7 Å². The third-order valence-electron chi connectivity index (χ3n) is 3.44. The van der Waals surface area contributed by atoms with Crippen molar-refractivity contribution >= 4 is 33.2 Å². The van der Waals surface area contributed by atoms with Gasteiger partial charge in [-0.2, -0.15) is 13.2 Å². The molecule has 0 saturated heterocycles. The lowest BCUT2D eigenvalue weighted by Crippen LogP contribution is -2.26. The number of pyridine rings is 1. The number of carbonyl (C=O) groups excluding carboxylic acids is 1. The number of amides is 1. The van der Waals surface area contributed by atoms with Gasteiger partial charge in [0.2, 0.25) is 5.88 Å². The van der Waals surface area contributed by atoms with Crippen molar-refractivity contribution in [2.45, 2.75) is 11.1 Å². The van der Waals surface area contributed by atoms with Crippen molar-refractivity contribution in [3.8, 4) is 5.88 Å². The minimum absolute atomic E-state index is 0.0325. The van der Waals surface area contributed by atoms with Crippen molar-refractivity contribution in [1.29, 1.82) is 0 Å². The molecule has 0 saturated carbocycles. The van der Waals surface area contributed by atoms with Gasteiger partial charge in [0, 0.05) is 18.7 Å². The SMILES string of the molecule is CON(C)S(=O)(=O)c1cc(C(=O)Nc2ccc(OCC(F)(F)F)nc2)ccc1Cl. The summed E-state index contributed by atoms with van der Waals surface area (Å²) in [6, 6.07) is 6.03. The summed E-state index contributed by atoms with van der Waals surface area (Å²) in [6.07, 6.45) is -3.41. The molecule has 1 aromatic carbocycles. The molecule has 158 valence electrons. The third-order valence-corrected chi connectivity index (χ3v) is 5.61. The van der Waals surface area contributed by atoms with Gasteiger partial charge in [-0.25, -0.2) is 13.4 Å². The molecule has 1 heterocycles. The maximum atomic E-state index is 12.4. The van der Waals surface area contributed by atoms with Crippen molar-refractivity contribution in [3.63, 3.8) is 0 Å². The van der Waals surface area contributed by atoms with E-state index >= 15 is 0 Å². The highest BCUT2D eigenvalue weighted by molar-refractivity contribution is 7.89. The molecule has 1 N–H and O–H groups in total. The second-order valence-electron chi connectivity index (χ2n) is 5.49. The molecule has 0 atom stereocenters. The number of nitrogens with zero attached hydrogens (tertiary/aromatic N) is 2. The van der Waals surface area contributed by atoms with Crippen LogP contribution in [0.2, 0.25) is 5.02 Å². The first-order chi connectivity index (χ1) is 13.4. The van der Waals surface area contributed by atoms with Crippen molar-refractivity contribution in [1.82, 2.24) is 9.45 Å². The molecule has 0 unspecified atom stereocenters.